The molecule has 0 spiro atoms. The van der Waals surface area contributed by atoms with E-state index in [1.807, 2.05) is 0 Å². The lowest BCUT2D eigenvalue weighted by Gasteiger charge is -2.08. The molecular formula is C35H54N2O6. The summed E-state index contributed by atoms with van der Waals surface area (Å²) in [5.41, 5.74) is 1.82. The van der Waals surface area contributed by atoms with Gasteiger partial charge >= 0.3 is 0 Å². The van der Waals surface area contributed by atoms with Crippen molar-refractivity contribution < 1.29 is 29.3 Å². The van der Waals surface area contributed by atoms with Gasteiger partial charge in [-0.3, -0.25) is 9.59 Å². The average Bonchev–Trinajstić information content (AvgIpc) is 3.00. The summed E-state index contributed by atoms with van der Waals surface area (Å²) >= 11 is 0. The fourth-order valence-electron chi connectivity index (χ4n) is 4.22. The first-order chi connectivity index (χ1) is 20.7. The van der Waals surface area contributed by atoms with Gasteiger partial charge in [0.2, 0.25) is 11.8 Å². The maximum Gasteiger partial charge on any atom is 0.220 e. The van der Waals surface area contributed by atoms with Crippen molar-refractivity contribution >= 4 is 11.8 Å². The summed E-state index contributed by atoms with van der Waals surface area (Å²) < 4.78 is 10.1. The van der Waals surface area contributed by atoms with Gasteiger partial charge in [0.1, 0.15) is 0 Å². The number of phenols is 2. The summed E-state index contributed by atoms with van der Waals surface area (Å²) in [7, 11) is 3.01. The van der Waals surface area contributed by atoms with Crippen molar-refractivity contribution in [2.24, 2.45) is 5.92 Å². The highest BCUT2D eigenvalue weighted by molar-refractivity contribution is 5.76. The molecule has 43 heavy (non-hydrogen) atoms. The number of phenolic OH excluding ortho intramolecular Hbond substituents is 2. The topological polar surface area (TPSA) is 117 Å². The largest absolute Gasteiger partial charge is 0.504 e. The molecular weight excluding hydrogens is 544 g/mol. The molecule has 0 bridgehead atoms. The average molecular weight is 599 g/mol. The molecule has 0 aliphatic carbocycles. The highest BCUT2D eigenvalue weighted by atomic mass is 16.5. The molecule has 0 radical (unpaired) electrons. The van der Waals surface area contributed by atoms with E-state index in [9.17, 15) is 19.8 Å². The standard InChI is InChI=1S/C18H27NO3.C17H27NO3/c1-14(2)8-6-4-5-7-9-18(21)19-13-15-10-11-16(20)17(12-15)22-3;1-3-4-5-6-7-8-9-17(20)18-13-14-10-11-15(19)16(12-14)21-2/h6,8,10-12,14,20H,4-5,7,9,13H2,1-3H3,(H,19,21);10-12,19H,3-9,13H2,1-2H3,(H,18,20). The van der Waals surface area contributed by atoms with Gasteiger partial charge in [0, 0.05) is 25.9 Å². The molecule has 0 unspecified atom stereocenters. The fraction of sp³-hybridized carbons (Fsp3) is 0.543. The second kappa shape index (κ2) is 22.9. The van der Waals surface area contributed by atoms with E-state index in [0.29, 0.717) is 43.3 Å². The van der Waals surface area contributed by atoms with Crippen molar-refractivity contribution in [2.75, 3.05) is 14.2 Å². The maximum absolute atomic E-state index is 11.8. The van der Waals surface area contributed by atoms with E-state index < -0.39 is 0 Å². The van der Waals surface area contributed by atoms with Crippen LogP contribution in [0.2, 0.25) is 0 Å². The Bertz CT molecular complexity index is 1100. The van der Waals surface area contributed by atoms with Crippen molar-refractivity contribution in [3.8, 4) is 23.0 Å². The minimum atomic E-state index is 0.0554. The summed E-state index contributed by atoms with van der Waals surface area (Å²) in [5.74, 6) is 1.79. The number of nitrogens with one attached hydrogen (secondary N) is 2. The Morgan fingerprint density at radius 1 is 0.744 bits per heavy atom. The molecule has 0 aromatic heterocycles. The van der Waals surface area contributed by atoms with Crippen molar-refractivity contribution in [2.45, 2.75) is 104 Å². The van der Waals surface area contributed by atoms with Gasteiger partial charge in [0.05, 0.1) is 14.2 Å². The van der Waals surface area contributed by atoms with Gasteiger partial charge in [-0.15, -0.1) is 0 Å². The Kier molecular flexibility index (Phi) is 19.9. The Hall–Kier alpha value is -3.68. The number of carbonyl (C=O) groups excluding carboxylic acids is 2. The number of hydrogen-bond acceptors (Lipinski definition) is 6. The number of carbonyl (C=O) groups is 2. The molecule has 0 aliphatic rings. The molecule has 0 atom stereocenters. The number of unbranched alkanes of at least 4 members (excludes halogenated alkanes) is 7. The van der Waals surface area contributed by atoms with Gasteiger partial charge in [0.15, 0.2) is 23.0 Å². The lowest BCUT2D eigenvalue weighted by molar-refractivity contribution is -0.122. The zero-order valence-electron chi connectivity index (χ0n) is 26.9. The molecule has 2 amide bonds. The Morgan fingerprint density at radius 3 is 1.67 bits per heavy atom. The molecule has 4 N–H and O–H groups in total. The first-order valence-electron chi connectivity index (χ1n) is 15.6. The van der Waals surface area contributed by atoms with Crippen molar-refractivity contribution in [3.63, 3.8) is 0 Å². The summed E-state index contributed by atoms with van der Waals surface area (Å²) in [6, 6.07) is 10.2. The second-order valence-electron chi connectivity index (χ2n) is 11.0. The normalized spacial score (nSPS) is 10.7. The molecule has 2 aromatic rings. The quantitative estimate of drug-likeness (QED) is 0.0979. The predicted molar refractivity (Wildman–Crippen MR) is 173 cm³/mol. The van der Waals surface area contributed by atoms with Crippen LogP contribution in [0.4, 0.5) is 0 Å². The third kappa shape index (κ3) is 17.8. The van der Waals surface area contributed by atoms with Crippen molar-refractivity contribution in [3.05, 3.63) is 59.7 Å². The molecule has 8 nitrogen and oxygen atoms in total. The highest BCUT2D eigenvalue weighted by Crippen LogP contribution is 2.27. The lowest BCUT2D eigenvalue weighted by Crippen LogP contribution is -2.22. The van der Waals surface area contributed by atoms with Crippen molar-refractivity contribution in [1.29, 1.82) is 0 Å². The molecule has 2 rings (SSSR count). The van der Waals surface area contributed by atoms with Crippen LogP contribution >= 0.6 is 0 Å². The van der Waals surface area contributed by atoms with E-state index in [1.54, 1.807) is 36.4 Å². The van der Waals surface area contributed by atoms with Gasteiger partial charge < -0.3 is 30.3 Å². The number of amides is 2. The Labute approximate surface area is 258 Å². The van der Waals surface area contributed by atoms with Crippen LogP contribution in [-0.2, 0) is 22.7 Å². The van der Waals surface area contributed by atoms with Crippen LogP contribution in [0.15, 0.2) is 48.6 Å². The predicted octanol–water partition coefficient (Wildman–Crippen LogP) is 7.56. The summed E-state index contributed by atoms with van der Waals surface area (Å²) in [5, 5.41) is 24.8. The van der Waals surface area contributed by atoms with Crippen LogP contribution in [0.5, 0.6) is 23.0 Å². The van der Waals surface area contributed by atoms with Crippen LogP contribution in [0.25, 0.3) is 0 Å². The molecule has 0 saturated carbocycles. The minimum Gasteiger partial charge on any atom is -0.504 e. The first kappa shape index (κ1) is 37.3. The maximum atomic E-state index is 11.8. The monoisotopic (exact) mass is 598 g/mol. The van der Waals surface area contributed by atoms with Crippen LogP contribution in [0.1, 0.15) is 103 Å². The number of methoxy groups -OCH3 is 2. The zero-order valence-corrected chi connectivity index (χ0v) is 26.9. The van der Waals surface area contributed by atoms with E-state index in [1.165, 1.54) is 39.9 Å². The number of allylic oxidation sites excluding steroid dienone is 2. The number of ether oxygens (including phenoxy) is 2. The minimum absolute atomic E-state index is 0.0554. The smallest absolute Gasteiger partial charge is 0.220 e. The fourth-order valence-corrected chi connectivity index (χ4v) is 4.22. The SMILES string of the molecule is CCCCCCCCC(=O)NCc1ccc(O)c(OC)c1.COc1cc(CNC(=O)CCCCC=CC(C)C)ccc1O. The van der Waals surface area contributed by atoms with E-state index >= 15 is 0 Å². The number of aromatic hydroxyl groups is 2. The lowest BCUT2D eigenvalue weighted by atomic mass is 10.1. The molecule has 2 aromatic carbocycles. The summed E-state index contributed by atoms with van der Waals surface area (Å²) in [6.07, 6.45) is 15.6. The Balaban J connectivity index is 0.000000430. The molecule has 0 aliphatic heterocycles. The number of hydrogen-bond donors (Lipinski definition) is 4. The molecule has 0 heterocycles. The van der Waals surface area contributed by atoms with Gasteiger partial charge in [0.25, 0.3) is 0 Å². The van der Waals surface area contributed by atoms with Crippen LogP contribution in [-0.4, -0.2) is 36.2 Å². The third-order valence-electron chi connectivity index (χ3n) is 6.77. The van der Waals surface area contributed by atoms with Crippen LogP contribution < -0.4 is 20.1 Å². The summed E-state index contributed by atoms with van der Waals surface area (Å²) in [4.78, 5) is 23.5. The molecule has 0 fully saturated rings. The zero-order chi connectivity index (χ0) is 31.9. The van der Waals surface area contributed by atoms with Gasteiger partial charge in [-0.05, 0) is 67.0 Å². The number of benzene rings is 2. The van der Waals surface area contributed by atoms with E-state index in [-0.39, 0.29) is 23.3 Å². The number of rotatable bonds is 19. The highest BCUT2D eigenvalue weighted by Gasteiger charge is 2.06. The van der Waals surface area contributed by atoms with Crippen LogP contribution in [0.3, 0.4) is 0 Å². The van der Waals surface area contributed by atoms with E-state index in [2.05, 4.69) is 43.6 Å². The molecule has 240 valence electrons. The third-order valence-corrected chi connectivity index (χ3v) is 6.77. The van der Waals surface area contributed by atoms with Crippen LogP contribution in [0, 0.1) is 5.92 Å². The molecule has 0 saturated heterocycles. The van der Waals surface area contributed by atoms with Crippen molar-refractivity contribution in [1.82, 2.24) is 10.6 Å². The Morgan fingerprint density at radius 2 is 1.21 bits per heavy atom. The first-order valence-corrected chi connectivity index (χ1v) is 15.6. The van der Waals surface area contributed by atoms with E-state index in [0.717, 1.165) is 43.2 Å². The van der Waals surface area contributed by atoms with E-state index in [4.69, 9.17) is 9.47 Å². The van der Waals surface area contributed by atoms with Gasteiger partial charge in [-0.1, -0.05) is 77.2 Å². The second-order valence-corrected chi connectivity index (χ2v) is 11.0. The molecule has 8 heteroatoms. The van der Waals surface area contributed by atoms with Gasteiger partial charge in [-0.2, -0.15) is 0 Å². The van der Waals surface area contributed by atoms with Gasteiger partial charge in [-0.25, -0.2) is 0 Å². The summed E-state index contributed by atoms with van der Waals surface area (Å²) in [6.45, 7) is 7.42.